The number of aromatic amines is 1. The Morgan fingerprint density at radius 1 is 1.15 bits per heavy atom. The van der Waals surface area contributed by atoms with Crippen LogP contribution in [-0.2, 0) is 11.3 Å². The van der Waals surface area contributed by atoms with Gasteiger partial charge in [-0.2, -0.15) is 0 Å². The summed E-state index contributed by atoms with van der Waals surface area (Å²) < 4.78 is 10.6. The Hall–Kier alpha value is -3.36. The number of rotatable bonds is 8. The highest BCUT2D eigenvalue weighted by Crippen LogP contribution is 2.17. The quantitative estimate of drug-likeness (QED) is 0.532. The van der Waals surface area contributed by atoms with Crippen LogP contribution in [0.4, 0.5) is 10.5 Å². The average Bonchev–Trinajstić information content (AvgIpc) is 2.85. The molecule has 1 aliphatic rings. The summed E-state index contributed by atoms with van der Waals surface area (Å²) in [5.74, 6) is 0.721. The number of aryl methyl sites for hydroxylation is 1. The number of benzene rings is 2. The van der Waals surface area contributed by atoms with Crippen LogP contribution in [0.25, 0.3) is 10.9 Å². The first-order valence-electron chi connectivity index (χ1n) is 11.6. The molecule has 2 heterocycles. The van der Waals surface area contributed by atoms with E-state index in [-0.39, 0.29) is 18.1 Å². The van der Waals surface area contributed by atoms with E-state index in [2.05, 4.69) is 15.2 Å². The molecule has 1 fully saturated rings. The van der Waals surface area contributed by atoms with Crippen LogP contribution in [0.3, 0.4) is 0 Å². The molecule has 0 aliphatic carbocycles. The second kappa shape index (κ2) is 11.2. The van der Waals surface area contributed by atoms with Gasteiger partial charge in [0.15, 0.2) is 0 Å². The van der Waals surface area contributed by atoms with Gasteiger partial charge in [0.05, 0.1) is 26.9 Å². The predicted molar refractivity (Wildman–Crippen MR) is 134 cm³/mol. The van der Waals surface area contributed by atoms with Gasteiger partial charge >= 0.3 is 6.03 Å². The van der Waals surface area contributed by atoms with E-state index in [4.69, 9.17) is 9.47 Å². The summed E-state index contributed by atoms with van der Waals surface area (Å²) in [6.45, 7) is 6.95. The Bertz CT molecular complexity index is 1170. The number of amides is 2. The first kappa shape index (κ1) is 23.8. The van der Waals surface area contributed by atoms with Gasteiger partial charge in [0.2, 0.25) is 0 Å². The molecule has 3 aromatic rings. The number of pyridine rings is 1. The summed E-state index contributed by atoms with van der Waals surface area (Å²) in [5.41, 5.74) is 2.97. The monoisotopic (exact) mass is 464 g/mol. The van der Waals surface area contributed by atoms with Crippen molar-refractivity contribution in [3.05, 3.63) is 70.0 Å². The number of nitrogens with one attached hydrogen (secondary N) is 2. The lowest BCUT2D eigenvalue weighted by molar-refractivity contribution is 0.0365. The molecular weight excluding hydrogens is 432 g/mol. The molecule has 0 unspecified atom stereocenters. The second-order valence-corrected chi connectivity index (χ2v) is 8.60. The zero-order valence-corrected chi connectivity index (χ0v) is 19.8. The van der Waals surface area contributed by atoms with E-state index in [0.717, 1.165) is 61.5 Å². The largest absolute Gasteiger partial charge is 0.497 e. The van der Waals surface area contributed by atoms with Gasteiger partial charge in [-0.15, -0.1) is 0 Å². The third-order valence-electron chi connectivity index (χ3n) is 6.07. The number of anilines is 1. The molecule has 34 heavy (non-hydrogen) atoms. The summed E-state index contributed by atoms with van der Waals surface area (Å²) in [4.78, 5) is 33.0. The standard InChI is InChI=1S/C26H32N4O4/c1-19-4-9-24-20(16-19)17-21(25(31)28-24)18-30(11-3-10-29-12-14-34-15-13-29)26(32)27-22-5-7-23(33-2)8-6-22/h4-9,16-17H,3,10-15,18H2,1-2H3,(H,27,32)(H,28,31). The Labute approximate surface area is 199 Å². The van der Waals surface area contributed by atoms with Gasteiger partial charge in [-0.3, -0.25) is 9.69 Å². The molecule has 0 saturated carbocycles. The van der Waals surface area contributed by atoms with Crippen LogP contribution in [0.5, 0.6) is 5.75 Å². The van der Waals surface area contributed by atoms with Gasteiger partial charge in [-0.05, 0) is 61.2 Å². The number of morpholine rings is 1. The smallest absolute Gasteiger partial charge is 0.322 e. The topological polar surface area (TPSA) is 86.9 Å². The van der Waals surface area contributed by atoms with Crippen molar-refractivity contribution >= 4 is 22.6 Å². The van der Waals surface area contributed by atoms with Crippen LogP contribution < -0.4 is 15.6 Å². The van der Waals surface area contributed by atoms with Crippen LogP contribution in [-0.4, -0.2) is 67.3 Å². The fourth-order valence-electron chi connectivity index (χ4n) is 4.13. The molecule has 0 atom stereocenters. The normalized spacial score (nSPS) is 14.2. The predicted octanol–water partition coefficient (Wildman–Crippen LogP) is 3.60. The van der Waals surface area contributed by atoms with Crippen LogP contribution >= 0.6 is 0 Å². The number of urea groups is 1. The highest BCUT2D eigenvalue weighted by Gasteiger charge is 2.18. The molecule has 0 radical (unpaired) electrons. The lowest BCUT2D eigenvalue weighted by Gasteiger charge is -2.28. The highest BCUT2D eigenvalue weighted by molar-refractivity contribution is 5.89. The summed E-state index contributed by atoms with van der Waals surface area (Å²) in [6.07, 6.45) is 0.806. The maximum absolute atomic E-state index is 13.2. The van der Waals surface area contributed by atoms with Gasteiger partial charge in [0.1, 0.15) is 5.75 Å². The van der Waals surface area contributed by atoms with E-state index in [1.54, 1.807) is 36.3 Å². The van der Waals surface area contributed by atoms with Crippen molar-refractivity contribution in [2.75, 3.05) is 51.8 Å². The van der Waals surface area contributed by atoms with Gasteiger partial charge in [0, 0.05) is 42.9 Å². The minimum atomic E-state index is -0.240. The number of carbonyl (C=O) groups is 1. The summed E-state index contributed by atoms with van der Waals surface area (Å²) in [7, 11) is 1.60. The molecular formula is C26H32N4O4. The number of fused-ring (bicyclic) bond motifs is 1. The summed E-state index contributed by atoms with van der Waals surface area (Å²) in [5, 5.41) is 3.91. The minimum absolute atomic E-state index is 0.174. The van der Waals surface area contributed by atoms with E-state index in [1.807, 2.05) is 31.2 Å². The Morgan fingerprint density at radius 3 is 2.65 bits per heavy atom. The van der Waals surface area contributed by atoms with E-state index < -0.39 is 0 Å². The molecule has 1 aromatic heterocycles. The number of ether oxygens (including phenoxy) is 2. The first-order valence-corrected chi connectivity index (χ1v) is 11.6. The molecule has 2 amide bonds. The average molecular weight is 465 g/mol. The van der Waals surface area contributed by atoms with Gasteiger partial charge < -0.3 is 24.7 Å². The molecule has 0 bridgehead atoms. The third-order valence-corrected chi connectivity index (χ3v) is 6.07. The Balaban J connectivity index is 1.50. The Morgan fingerprint density at radius 2 is 1.91 bits per heavy atom. The lowest BCUT2D eigenvalue weighted by Crippen LogP contribution is -2.40. The molecule has 1 saturated heterocycles. The second-order valence-electron chi connectivity index (χ2n) is 8.60. The molecule has 180 valence electrons. The number of methoxy groups -OCH3 is 1. The van der Waals surface area contributed by atoms with E-state index in [9.17, 15) is 9.59 Å². The number of hydrogen-bond acceptors (Lipinski definition) is 5. The molecule has 2 aromatic carbocycles. The molecule has 2 N–H and O–H groups in total. The number of aromatic nitrogens is 1. The summed E-state index contributed by atoms with van der Waals surface area (Å²) >= 11 is 0. The van der Waals surface area contributed by atoms with E-state index in [1.165, 1.54) is 0 Å². The van der Waals surface area contributed by atoms with E-state index in [0.29, 0.717) is 17.8 Å². The molecule has 8 heteroatoms. The zero-order chi connectivity index (χ0) is 23.9. The zero-order valence-electron chi connectivity index (χ0n) is 19.8. The van der Waals surface area contributed by atoms with Crippen molar-refractivity contribution in [1.82, 2.24) is 14.8 Å². The number of nitrogens with zero attached hydrogens (tertiary/aromatic N) is 2. The Kier molecular flexibility index (Phi) is 7.82. The van der Waals surface area contributed by atoms with Crippen LogP contribution in [0.15, 0.2) is 53.3 Å². The van der Waals surface area contributed by atoms with Crippen LogP contribution in [0, 0.1) is 6.92 Å². The van der Waals surface area contributed by atoms with Gasteiger partial charge in [-0.25, -0.2) is 4.79 Å². The maximum Gasteiger partial charge on any atom is 0.322 e. The minimum Gasteiger partial charge on any atom is -0.497 e. The van der Waals surface area contributed by atoms with Crippen molar-refractivity contribution in [3.8, 4) is 5.75 Å². The molecule has 8 nitrogen and oxygen atoms in total. The number of H-pyrrole nitrogens is 1. The van der Waals surface area contributed by atoms with Crippen molar-refractivity contribution in [2.45, 2.75) is 19.9 Å². The van der Waals surface area contributed by atoms with Gasteiger partial charge in [-0.1, -0.05) is 11.6 Å². The molecule has 0 spiro atoms. The van der Waals surface area contributed by atoms with E-state index >= 15 is 0 Å². The number of hydrogen-bond donors (Lipinski definition) is 2. The maximum atomic E-state index is 13.2. The van der Waals surface area contributed by atoms with Gasteiger partial charge in [0.25, 0.3) is 5.56 Å². The molecule has 1 aliphatic heterocycles. The molecule has 4 rings (SSSR count). The highest BCUT2D eigenvalue weighted by atomic mass is 16.5. The fourth-order valence-corrected chi connectivity index (χ4v) is 4.13. The number of carbonyl (C=O) groups excluding carboxylic acids is 1. The van der Waals surface area contributed by atoms with Crippen molar-refractivity contribution in [2.24, 2.45) is 0 Å². The van der Waals surface area contributed by atoms with Crippen molar-refractivity contribution < 1.29 is 14.3 Å². The SMILES string of the molecule is COc1ccc(NC(=O)N(CCCN2CCOCC2)Cc2cc3cc(C)ccc3[nH]c2=O)cc1. The van der Waals surface area contributed by atoms with Crippen LogP contribution in [0.1, 0.15) is 17.5 Å². The first-order chi connectivity index (χ1) is 16.5. The lowest BCUT2D eigenvalue weighted by atomic mass is 10.1. The van der Waals surface area contributed by atoms with Crippen LogP contribution in [0.2, 0.25) is 0 Å². The third kappa shape index (κ3) is 6.15. The van der Waals surface area contributed by atoms with Crippen molar-refractivity contribution in [1.29, 1.82) is 0 Å². The summed E-state index contributed by atoms with van der Waals surface area (Å²) in [6, 6.07) is 14.8. The van der Waals surface area contributed by atoms with Crippen molar-refractivity contribution in [3.63, 3.8) is 0 Å². The fraction of sp³-hybridized carbons (Fsp3) is 0.385.